The molecule has 0 radical (unpaired) electrons. The van der Waals surface area contributed by atoms with Crippen LogP contribution in [0.5, 0.6) is 0 Å². The number of hydrogen-bond acceptors (Lipinski definition) is 4. The average molecular weight is 340 g/mol. The van der Waals surface area contributed by atoms with Gasteiger partial charge in [-0.25, -0.2) is 9.78 Å². The number of nitrogens with zero attached hydrogens (tertiary/aromatic N) is 2. The maximum atomic E-state index is 12.0. The summed E-state index contributed by atoms with van der Waals surface area (Å²) in [6.45, 7) is 2.93. The molecule has 1 aromatic heterocycles. The first-order chi connectivity index (χ1) is 12.3. The molecule has 0 saturated carbocycles. The molecule has 1 aromatic carbocycles. The van der Waals surface area contributed by atoms with Gasteiger partial charge in [-0.05, 0) is 35.6 Å². The van der Waals surface area contributed by atoms with Crippen LogP contribution in [0.25, 0.3) is 0 Å². The highest BCUT2D eigenvalue weighted by molar-refractivity contribution is 5.73. The average Bonchev–Trinajstić information content (AvgIpc) is 3.20. The van der Waals surface area contributed by atoms with E-state index in [2.05, 4.69) is 20.5 Å². The number of aliphatic hydroxyl groups excluding tert-OH is 1. The lowest BCUT2D eigenvalue weighted by molar-refractivity contribution is 0.239. The molecular weight excluding hydrogens is 316 g/mol. The predicted octanol–water partition coefficient (Wildman–Crippen LogP) is 2.17. The van der Waals surface area contributed by atoms with Crippen molar-refractivity contribution in [2.24, 2.45) is 0 Å². The van der Waals surface area contributed by atoms with E-state index in [0.29, 0.717) is 13.1 Å². The standard InChI is InChI=1S/C19H24N4O2/c24-14-17-6-2-1-5-16(17)13-22-19(25)21-12-15-7-8-18(20-11-15)23-9-3-4-10-23/h1-2,5-8,11,24H,3-4,9-10,12-14H2,(H2,21,22,25). The molecular formula is C19H24N4O2. The van der Waals surface area contributed by atoms with Crippen LogP contribution in [0.2, 0.25) is 0 Å². The van der Waals surface area contributed by atoms with Crippen molar-refractivity contribution in [2.75, 3.05) is 18.0 Å². The summed E-state index contributed by atoms with van der Waals surface area (Å²) in [5.74, 6) is 1.01. The smallest absolute Gasteiger partial charge is 0.315 e. The van der Waals surface area contributed by atoms with Crippen LogP contribution in [0.1, 0.15) is 29.5 Å². The zero-order valence-electron chi connectivity index (χ0n) is 14.2. The van der Waals surface area contributed by atoms with Crippen molar-refractivity contribution >= 4 is 11.8 Å². The number of pyridine rings is 1. The van der Waals surface area contributed by atoms with Crippen LogP contribution in [0, 0.1) is 0 Å². The Kier molecular flexibility index (Phi) is 5.85. The lowest BCUT2D eigenvalue weighted by atomic mass is 10.1. The Morgan fingerprint density at radius 3 is 2.44 bits per heavy atom. The molecule has 25 heavy (non-hydrogen) atoms. The molecule has 0 bridgehead atoms. The lowest BCUT2D eigenvalue weighted by Crippen LogP contribution is -2.34. The summed E-state index contributed by atoms with van der Waals surface area (Å²) in [7, 11) is 0. The van der Waals surface area contributed by atoms with Gasteiger partial charge in [0.15, 0.2) is 0 Å². The Bertz CT molecular complexity index is 697. The van der Waals surface area contributed by atoms with E-state index in [4.69, 9.17) is 0 Å². The van der Waals surface area contributed by atoms with Gasteiger partial charge in [0.05, 0.1) is 6.61 Å². The molecule has 1 fully saturated rings. The number of carbonyl (C=O) groups excluding carboxylic acids is 1. The molecule has 2 amide bonds. The van der Waals surface area contributed by atoms with E-state index in [1.54, 1.807) is 0 Å². The number of benzene rings is 1. The minimum Gasteiger partial charge on any atom is -0.392 e. The summed E-state index contributed by atoms with van der Waals surface area (Å²) < 4.78 is 0. The molecule has 132 valence electrons. The van der Waals surface area contributed by atoms with Crippen molar-refractivity contribution in [1.29, 1.82) is 0 Å². The molecule has 1 aliphatic heterocycles. The zero-order chi connectivity index (χ0) is 17.5. The van der Waals surface area contributed by atoms with Gasteiger partial charge in [0.25, 0.3) is 0 Å². The van der Waals surface area contributed by atoms with Crippen LogP contribution in [0.3, 0.4) is 0 Å². The SMILES string of the molecule is O=C(NCc1ccc(N2CCCC2)nc1)NCc1ccccc1CO. The Hall–Kier alpha value is -2.60. The molecule has 6 nitrogen and oxygen atoms in total. The van der Waals surface area contributed by atoms with Crippen LogP contribution in [-0.2, 0) is 19.7 Å². The minimum absolute atomic E-state index is 0.0332. The Labute approximate surface area is 147 Å². The monoisotopic (exact) mass is 340 g/mol. The van der Waals surface area contributed by atoms with Crippen LogP contribution >= 0.6 is 0 Å². The fraction of sp³-hybridized carbons (Fsp3) is 0.368. The summed E-state index contributed by atoms with van der Waals surface area (Å²) in [5, 5.41) is 14.9. The van der Waals surface area contributed by atoms with Crippen LogP contribution in [0.4, 0.5) is 10.6 Å². The predicted molar refractivity (Wildman–Crippen MR) is 97.1 cm³/mol. The summed E-state index contributed by atoms with van der Waals surface area (Å²) in [4.78, 5) is 18.7. The van der Waals surface area contributed by atoms with Gasteiger partial charge < -0.3 is 20.6 Å². The van der Waals surface area contributed by atoms with E-state index in [1.807, 2.05) is 42.6 Å². The maximum Gasteiger partial charge on any atom is 0.315 e. The highest BCUT2D eigenvalue weighted by Gasteiger charge is 2.13. The molecule has 6 heteroatoms. The van der Waals surface area contributed by atoms with Gasteiger partial charge in [0.1, 0.15) is 5.82 Å². The normalized spacial score (nSPS) is 13.7. The highest BCUT2D eigenvalue weighted by Crippen LogP contribution is 2.17. The van der Waals surface area contributed by atoms with E-state index in [9.17, 15) is 9.90 Å². The zero-order valence-corrected chi connectivity index (χ0v) is 14.2. The molecule has 2 aromatic rings. The molecule has 0 unspecified atom stereocenters. The number of rotatable bonds is 6. The highest BCUT2D eigenvalue weighted by atomic mass is 16.3. The van der Waals surface area contributed by atoms with Gasteiger partial charge in [-0.15, -0.1) is 0 Å². The molecule has 0 spiro atoms. The van der Waals surface area contributed by atoms with E-state index in [-0.39, 0.29) is 12.6 Å². The van der Waals surface area contributed by atoms with Crippen LogP contribution < -0.4 is 15.5 Å². The first kappa shape index (κ1) is 17.2. The largest absolute Gasteiger partial charge is 0.392 e. The number of hydrogen-bond donors (Lipinski definition) is 3. The molecule has 3 N–H and O–H groups in total. The van der Waals surface area contributed by atoms with E-state index in [0.717, 1.165) is 35.6 Å². The third kappa shape index (κ3) is 4.70. The quantitative estimate of drug-likeness (QED) is 0.753. The second kappa shape index (κ2) is 8.48. The summed E-state index contributed by atoms with van der Waals surface area (Å²) in [6, 6.07) is 11.3. The van der Waals surface area contributed by atoms with Crippen molar-refractivity contribution in [1.82, 2.24) is 15.6 Å². The van der Waals surface area contributed by atoms with Crippen molar-refractivity contribution in [3.63, 3.8) is 0 Å². The lowest BCUT2D eigenvalue weighted by Gasteiger charge is -2.16. The van der Waals surface area contributed by atoms with Gasteiger partial charge in [0, 0.05) is 32.4 Å². The maximum absolute atomic E-state index is 12.0. The fourth-order valence-corrected chi connectivity index (χ4v) is 2.96. The van der Waals surface area contributed by atoms with Crippen molar-refractivity contribution in [3.05, 3.63) is 59.3 Å². The van der Waals surface area contributed by atoms with Crippen LogP contribution in [-0.4, -0.2) is 29.2 Å². The number of anilines is 1. The van der Waals surface area contributed by atoms with Crippen LogP contribution in [0.15, 0.2) is 42.6 Å². The van der Waals surface area contributed by atoms with Gasteiger partial charge in [0.2, 0.25) is 0 Å². The minimum atomic E-state index is -0.239. The molecule has 1 saturated heterocycles. The third-order valence-corrected chi connectivity index (χ3v) is 4.42. The topological polar surface area (TPSA) is 77.5 Å². The second-order valence-corrected chi connectivity index (χ2v) is 6.18. The van der Waals surface area contributed by atoms with Gasteiger partial charge in [-0.2, -0.15) is 0 Å². The van der Waals surface area contributed by atoms with E-state index < -0.39 is 0 Å². The number of urea groups is 1. The van der Waals surface area contributed by atoms with Crippen molar-refractivity contribution < 1.29 is 9.90 Å². The summed E-state index contributed by atoms with van der Waals surface area (Å²) in [5.41, 5.74) is 2.70. The molecule has 3 rings (SSSR count). The number of carbonyl (C=O) groups is 1. The number of amides is 2. The van der Waals surface area contributed by atoms with Gasteiger partial charge in [-0.1, -0.05) is 30.3 Å². The molecule has 1 aliphatic rings. The summed E-state index contributed by atoms with van der Waals surface area (Å²) in [6.07, 6.45) is 4.27. The van der Waals surface area contributed by atoms with E-state index in [1.165, 1.54) is 12.8 Å². The van der Waals surface area contributed by atoms with Gasteiger partial charge >= 0.3 is 6.03 Å². The third-order valence-electron chi connectivity index (χ3n) is 4.42. The number of aliphatic hydroxyl groups is 1. The summed E-state index contributed by atoms with van der Waals surface area (Å²) >= 11 is 0. The second-order valence-electron chi connectivity index (χ2n) is 6.18. The van der Waals surface area contributed by atoms with E-state index >= 15 is 0 Å². The number of aromatic nitrogens is 1. The molecule has 2 heterocycles. The molecule has 0 aliphatic carbocycles. The Balaban J connectivity index is 1.45. The fourth-order valence-electron chi connectivity index (χ4n) is 2.96. The first-order valence-electron chi connectivity index (χ1n) is 8.65. The van der Waals surface area contributed by atoms with Gasteiger partial charge in [-0.3, -0.25) is 0 Å². The number of nitrogens with one attached hydrogen (secondary N) is 2. The van der Waals surface area contributed by atoms with Crippen molar-refractivity contribution in [3.8, 4) is 0 Å². The Morgan fingerprint density at radius 1 is 1.04 bits per heavy atom. The Morgan fingerprint density at radius 2 is 1.76 bits per heavy atom. The molecule has 0 atom stereocenters. The first-order valence-corrected chi connectivity index (χ1v) is 8.65. The van der Waals surface area contributed by atoms with Crippen molar-refractivity contribution in [2.45, 2.75) is 32.5 Å².